The van der Waals surface area contributed by atoms with Crippen molar-refractivity contribution in [2.24, 2.45) is 4.99 Å². The third kappa shape index (κ3) is 4.65. The number of amides is 1. The SMILES string of the molecule is COc1cccc(/C=C2\SC(=Nc3cccc(C)c3)NC2=O)c1OC(F)F. The van der Waals surface area contributed by atoms with Crippen molar-refractivity contribution < 1.29 is 23.0 Å². The van der Waals surface area contributed by atoms with E-state index in [9.17, 15) is 13.6 Å². The summed E-state index contributed by atoms with van der Waals surface area (Å²) in [6.07, 6.45) is 1.47. The summed E-state index contributed by atoms with van der Waals surface area (Å²) >= 11 is 1.12. The molecule has 0 aromatic heterocycles. The van der Waals surface area contributed by atoms with Gasteiger partial charge in [-0.1, -0.05) is 24.3 Å². The van der Waals surface area contributed by atoms with Gasteiger partial charge in [0.2, 0.25) is 0 Å². The van der Waals surface area contributed by atoms with Crippen LogP contribution in [0.1, 0.15) is 11.1 Å². The van der Waals surface area contributed by atoms with Crippen LogP contribution >= 0.6 is 11.8 Å². The second-order valence-electron chi connectivity index (χ2n) is 5.58. The number of nitrogens with one attached hydrogen (secondary N) is 1. The fraction of sp³-hybridized carbons (Fsp3) is 0.158. The molecule has 0 atom stereocenters. The first-order valence-corrected chi connectivity index (χ1v) is 8.76. The topological polar surface area (TPSA) is 59.9 Å². The molecule has 1 N–H and O–H groups in total. The van der Waals surface area contributed by atoms with Gasteiger partial charge in [0.1, 0.15) is 0 Å². The Kier molecular flexibility index (Phi) is 5.75. The quantitative estimate of drug-likeness (QED) is 0.764. The Labute approximate surface area is 159 Å². The third-order valence-electron chi connectivity index (χ3n) is 3.61. The van der Waals surface area contributed by atoms with E-state index < -0.39 is 6.61 Å². The van der Waals surface area contributed by atoms with Gasteiger partial charge in [0.15, 0.2) is 16.7 Å². The number of carbonyl (C=O) groups excluding carboxylic acids is 1. The van der Waals surface area contributed by atoms with E-state index in [0.29, 0.717) is 21.3 Å². The minimum atomic E-state index is -3.01. The summed E-state index contributed by atoms with van der Waals surface area (Å²) in [5.41, 5.74) is 2.07. The number of ether oxygens (including phenoxy) is 2. The largest absolute Gasteiger partial charge is 0.493 e. The highest BCUT2D eigenvalue weighted by Crippen LogP contribution is 2.36. The molecule has 1 saturated heterocycles. The molecule has 2 aromatic carbocycles. The van der Waals surface area contributed by atoms with Gasteiger partial charge in [-0.05, 0) is 48.5 Å². The van der Waals surface area contributed by atoms with E-state index in [1.54, 1.807) is 12.1 Å². The molecule has 2 aromatic rings. The molecule has 27 heavy (non-hydrogen) atoms. The second kappa shape index (κ2) is 8.22. The molecule has 0 aliphatic carbocycles. The van der Waals surface area contributed by atoms with Crippen LogP contribution in [0.15, 0.2) is 52.4 Å². The summed E-state index contributed by atoms with van der Waals surface area (Å²) in [4.78, 5) is 16.9. The number of thioether (sulfide) groups is 1. The van der Waals surface area contributed by atoms with Crippen LogP contribution in [0.25, 0.3) is 6.08 Å². The average molecular weight is 390 g/mol. The van der Waals surface area contributed by atoms with Crippen LogP contribution in [0, 0.1) is 6.92 Å². The Balaban J connectivity index is 1.91. The van der Waals surface area contributed by atoms with Crippen LogP contribution in [0.4, 0.5) is 14.5 Å². The number of rotatable bonds is 5. The van der Waals surface area contributed by atoms with Crippen LogP contribution in [-0.4, -0.2) is 24.8 Å². The average Bonchev–Trinajstić information content (AvgIpc) is 2.95. The maximum Gasteiger partial charge on any atom is 0.387 e. The Morgan fingerprint density at radius 1 is 1.22 bits per heavy atom. The molecular formula is C19H16F2N2O3S. The summed E-state index contributed by atoms with van der Waals surface area (Å²) < 4.78 is 35.1. The zero-order chi connectivity index (χ0) is 19.4. The van der Waals surface area contributed by atoms with Crippen molar-refractivity contribution in [3.63, 3.8) is 0 Å². The number of aliphatic imine (C=N–C) groups is 1. The summed E-state index contributed by atoms with van der Waals surface area (Å²) in [6.45, 7) is -1.06. The third-order valence-corrected chi connectivity index (χ3v) is 4.52. The lowest BCUT2D eigenvalue weighted by Gasteiger charge is -2.12. The molecule has 8 heteroatoms. The van der Waals surface area contributed by atoms with E-state index in [-0.39, 0.29) is 17.4 Å². The van der Waals surface area contributed by atoms with Gasteiger partial charge in [-0.3, -0.25) is 4.79 Å². The van der Waals surface area contributed by atoms with Crippen LogP contribution in [0.5, 0.6) is 11.5 Å². The molecule has 0 unspecified atom stereocenters. The summed E-state index contributed by atoms with van der Waals surface area (Å²) in [5.74, 6) is -0.334. The Morgan fingerprint density at radius 3 is 2.70 bits per heavy atom. The van der Waals surface area contributed by atoms with Crippen molar-refractivity contribution in [1.29, 1.82) is 0 Å². The van der Waals surface area contributed by atoms with Gasteiger partial charge >= 0.3 is 6.61 Å². The summed E-state index contributed by atoms with van der Waals surface area (Å²) in [6, 6.07) is 12.2. The number of hydrogen-bond donors (Lipinski definition) is 1. The van der Waals surface area contributed by atoms with Crippen molar-refractivity contribution in [3.8, 4) is 11.5 Å². The lowest BCUT2D eigenvalue weighted by atomic mass is 10.1. The van der Waals surface area contributed by atoms with Gasteiger partial charge < -0.3 is 14.8 Å². The van der Waals surface area contributed by atoms with Crippen molar-refractivity contribution in [2.75, 3.05) is 7.11 Å². The van der Waals surface area contributed by atoms with E-state index >= 15 is 0 Å². The summed E-state index contributed by atoms with van der Waals surface area (Å²) in [5, 5.41) is 3.08. The number of para-hydroxylation sites is 1. The molecule has 0 spiro atoms. The minimum Gasteiger partial charge on any atom is -0.493 e. The number of benzene rings is 2. The molecule has 1 aliphatic rings. The highest BCUT2D eigenvalue weighted by Gasteiger charge is 2.25. The maximum atomic E-state index is 12.7. The van der Waals surface area contributed by atoms with Crippen molar-refractivity contribution in [2.45, 2.75) is 13.5 Å². The minimum absolute atomic E-state index is 0.125. The van der Waals surface area contributed by atoms with E-state index in [1.165, 1.54) is 19.3 Å². The zero-order valence-electron chi connectivity index (χ0n) is 14.5. The van der Waals surface area contributed by atoms with E-state index in [0.717, 1.165) is 17.3 Å². The number of hydrogen-bond acceptors (Lipinski definition) is 5. The van der Waals surface area contributed by atoms with Crippen molar-refractivity contribution in [1.82, 2.24) is 5.32 Å². The van der Waals surface area contributed by atoms with Crippen molar-refractivity contribution in [3.05, 3.63) is 58.5 Å². The normalized spacial score (nSPS) is 16.9. The molecule has 1 heterocycles. The highest BCUT2D eigenvalue weighted by molar-refractivity contribution is 8.18. The number of amidine groups is 1. The molecule has 3 rings (SSSR count). The Morgan fingerprint density at radius 2 is 2.00 bits per heavy atom. The first kappa shape index (κ1) is 18.9. The number of halogens is 2. The molecule has 1 aliphatic heterocycles. The standard InChI is InChI=1S/C19H16F2N2O3S/c1-11-5-3-7-13(9-11)22-19-23-17(24)15(27-19)10-12-6-4-8-14(25-2)16(12)26-18(20)21/h3-10,18H,1-2H3,(H,22,23,24)/b15-10-. The van der Waals surface area contributed by atoms with Gasteiger partial charge in [0.25, 0.3) is 5.91 Å². The van der Waals surface area contributed by atoms with E-state index in [2.05, 4.69) is 15.0 Å². The Hall–Kier alpha value is -2.87. The predicted octanol–water partition coefficient (Wildman–Crippen LogP) is 4.50. The number of nitrogens with zero attached hydrogens (tertiary/aromatic N) is 1. The fourth-order valence-corrected chi connectivity index (χ4v) is 3.29. The van der Waals surface area contributed by atoms with Crippen molar-refractivity contribution >= 4 is 34.6 Å². The molecule has 0 bridgehead atoms. The fourth-order valence-electron chi connectivity index (χ4n) is 2.46. The van der Waals surface area contributed by atoms with E-state index in [4.69, 9.17) is 4.74 Å². The molecule has 1 fully saturated rings. The molecule has 5 nitrogen and oxygen atoms in total. The van der Waals surface area contributed by atoms with Crippen LogP contribution < -0.4 is 14.8 Å². The van der Waals surface area contributed by atoms with Crippen LogP contribution in [-0.2, 0) is 4.79 Å². The molecule has 1 amide bonds. The lowest BCUT2D eigenvalue weighted by molar-refractivity contribution is -0.115. The molecule has 0 radical (unpaired) electrons. The van der Waals surface area contributed by atoms with Gasteiger partial charge in [-0.2, -0.15) is 8.78 Å². The van der Waals surface area contributed by atoms with Gasteiger partial charge in [0, 0.05) is 5.56 Å². The summed E-state index contributed by atoms with van der Waals surface area (Å²) in [7, 11) is 1.36. The number of aryl methyl sites for hydroxylation is 1. The second-order valence-corrected chi connectivity index (χ2v) is 6.61. The van der Waals surface area contributed by atoms with E-state index in [1.807, 2.05) is 31.2 Å². The van der Waals surface area contributed by atoms with Crippen LogP contribution in [0.2, 0.25) is 0 Å². The van der Waals surface area contributed by atoms with Gasteiger partial charge in [-0.25, -0.2) is 4.99 Å². The predicted molar refractivity (Wildman–Crippen MR) is 102 cm³/mol. The number of alkyl halides is 2. The monoisotopic (exact) mass is 390 g/mol. The van der Waals surface area contributed by atoms with Crippen LogP contribution in [0.3, 0.4) is 0 Å². The van der Waals surface area contributed by atoms with Gasteiger partial charge in [-0.15, -0.1) is 0 Å². The molecule has 0 saturated carbocycles. The Bertz CT molecular complexity index is 929. The first-order valence-electron chi connectivity index (χ1n) is 7.94. The molecular weight excluding hydrogens is 374 g/mol. The number of carbonyl (C=O) groups is 1. The smallest absolute Gasteiger partial charge is 0.387 e. The zero-order valence-corrected chi connectivity index (χ0v) is 15.3. The highest BCUT2D eigenvalue weighted by atomic mass is 32.2. The lowest BCUT2D eigenvalue weighted by Crippen LogP contribution is -2.19. The maximum absolute atomic E-state index is 12.7. The number of methoxy groups -OCH3 is 1. The first-order chi connectivity index (χ1) is 13.0. The molecule has 140 valence electrons. The van der Waals surface area contributed by atoms with Gasteiger partial charge in [0.05, 0.1) is 17.7 Å².